The van der Waals surface area contributed by atoms with E-state index >= 15 is 0 Å². The van der Waals surface area contributed by atoms with Crippen molar-refractivity contribution in [3.8, 4) is 0 Å². The van der Waals surface area contributed by atoms with Crippen LogP contribution in [0.25, 0.3) is 0 Å². The summed E-state index contributed by atoms with van der Waals surface area (Å²) < 4.78 is 45.1. The fourth-order valence-corrected chi connectivity index (χ4v) is 4.48. The summed E-state index contributed by atoms with van der Waals surface area (Å²) in [5.41, 5.74) is 2.07. The van der Waals surface area contributed by atoms with Crippen LogP contribution >= 0.6 is 11.6 Å². The predicted octanol–water partition coefficient (Wildman–Crippen LogP) is 3.18. The van der Waals surface area contributed by atoms with E-state index in [0.717, 1.165) is 0 Å². The molecule has 0 bridgehead atoms. The third kappa shape index (κ3) is 3.70. The van der Waals surface area contributed by atoms with Crippen molar-refractivity contribution in [2.75, 3.05) is 4.72 Å². The Morgan fingerprint density at radius 1 is 1.19 bits per heavy atom. The van der Waals surface area contributed by atoms with Crippen molar-refractivity contribution >= 4 is 27.3 Å². The summed E-state index contributed by atoms with van der Waals surface area (Å²) in [7, 11) is -2.18. The molecule has 7 nitrogen and oxygen atoms in total. The molecule has 0 saturated carbocycles. The summed E-state index contributed by atoms with van der Waals surface area (Å²) in [6.45, 7) is 5.10. The van der Waals surface area contributed by atoms with Crippen molar-refractivity contribution in [2.24, 2.45) is 7.05 Å². The van der Waals surface area contributed by atoms with Crippen molar-refractivity contribution in [1.82, 2.24) is 19.6 Å². The second kappa shape index (κ2) is 6.97. The van der Waals surface area contributed by atoms with Gasteiger partial charge in [0.2, 0.25) is 0 Å². The number of aromatic nitrogens is 4. The van der Waals surface area contributed by atoms with E-state index in [-0.39, 0.29) is 16.5 Å². The molecule has 1 aromatic carbocycles. The molecule has 0 spiro atoms. The third-order valence-corrected chi connectivity index (χ3v) is 6.05. The molecular weight excluding hydrogens is 393 g/mol. The lowest BCUT2D eigenvalue weighted by atomic mass is 10.2. The molecule has 0 unspecified atom stereocenters. The second-order valence-corrected chi connectivity index (χ2v) is 8.32. The Balaban J connectivity index is 1.96. The van der Waals surface area contributed by atoms with Gasteiger partial charge in [-0.3, -0.25) is 14.1 Å². The zero-order valence-electron chi connectivity index (χ0n) is 15.3. The van der Waals surface area contributed by atoms with Crippen molar-refractivity contribution in [1.29, 1.82) is 0 Å². The van der Waals surface area contributed by atoms with Gasteiger partial charge >= 0.3 is 0 Å². The average molecular weight is 412 g/mol. The highest BCUT2D eigenvalue weighted by molar-refractivity contribution is 7.92. The molecule has 3 aromatic rings. The summed E-state index contributed by atoms with van der Waals surface area (Å²) in [6.07, 6.45) is 1.44. The smallest absolute Gasteiger partial charge is 0.265 e. The van der Waals surface area contributed by atoms with Crippen LogP contribution in [0.2, 0.25) is 5.02 Å². The van der Waals surface area contributed by atoms with Crippen LogP contribution in [0.4, 0.5) is 10.1 Å². The first-order valence-corrected chi connectivity index (χ1v) is 9.96. The van der Waals surface area contributed by atoms with Gasteiger partial charge in [0, 0.05) is 23.8 Å². The maximum absolute atomic E-state index is 14.1. The van der Waals surface area contributed by atoms with Gasteiger partial charge in [-0.25, -0.2) is 12.8 Å². The Kier molecular flexibility index (Phi) is 5.00. The standard InChI is InChI=1S/C17H19ClFN5O2S/c1-10-16(9-23(4)20-10)27(25,26)22-17-11(2)21-24(12(17)3)8-13-14(18)6-5-7-15(13)19/h5-7,9,22H,8H2,1-4H3. The van der Waals surface area contributed by atoms with Crippen LogP contribution < -0.4 is 4.72 Å². The van der Waals surface area contributed by atoms with Crippen LogP contribution in [-0.4, -0.2) is 28.0 Å². The normalized spacial score (nSPS) is 11.8. The van der Waals surface area contributed by atoms with Gasteiger partial charge in [-0.15, -0.1) is 0 Å². The number of benzene rings is 1. The Hall–Kier alpha value is -2.39. The first-order chi connectivity index (χ1) is 12.6. The molecule has 0 amide bonds. The monoisotopic (exact) mass is 411 g/mol. The Bertz CT molecular complexity index is 1100. The number of anilines is 1. The third-order valence-electron chi connectivity index (χ3n) is 4.25. The van der Waals surface area contributed by atoms with E-state index in [1.165, 1.54) is 27.7 Å². The van der Waals surface area contributed by atoms with Crippen molar-refractivity contribution < 1.29 is 12.8 Å². The number of nitrogens with zero attached hydrogens (tertiary/aromatic N) is 4. The van der Waals surface area contributed by atoms with E-state index < -0.39 is 15.8 Å². The number of hydrogen-bond acceptors (Lipinski definition) is 4. The fourth-order valence-electron chi connectivity index (χ4n) is 2.86. The Morgan fingerprint density at radius 2 is 1.89 bits per heavy atom. The summed E-state index contributed by atoms with van der Waals surface area (Å²) >= 11 is 6.08. The predicted molar refractivity (Wildman–Crippen MR) is 101 cm³/mol. The molecule has 0 radical (unpaired) electrons. The Morgan fingerprint density at radius 3 is 2.48 bits per heavy atom. The molecule has 10 heteroatoms. The summed E-state index contributed by atoms with van der Waals surface area (Å²) in [4.78, 5) is 0.0914. The molecule has 1 N–H and O–H groups in total. The molecule has 0 saturated heterocycles. The SMILES string of the molecule is Cc1nn(C)cc1S(=O)(=O)Nc1c(C)nn(Cc2c(F)cccc2Cl)c1C. The largest absolute Gasteiger partial charge is 0.276 e. The van der Waals surface area contributed by atoms with Crippen LogP contribution in [0.5, 0.6) is 0 Å². The minimum atomic E-state index is -3.83. The van der Waals surface area contributed by atoms with Crippen molar-refractivity contribution in [3.63, 3.8) is 0 Å². The topological polar surface area (TPSA) is 81.8 Å². The minimum Gasteiger partial charge on any atom is -0.276 e. The van der Waals surface area contributed by atoms with E-state index in [1.807, 2.05) is 0 Å². The quantitative estimate of drug-likeness (QED) is 0.699. The van der Waals surface area contributed by atoms with E-state index in [2.05, 4.69) is 14.9 Å². The van der Waals surface area contributed by atoms with Crippen LogP contribution in [0, 0.1) is 26.6 Å². The molecular formula is C17H19ClFN5O2S. The number of aryl methyl sites for hydroxylation is 3. The molecule has 0 aliphatic heterocycles. The highest BCUT2D eigenvalue weighted by atomic mass is 35.5. The van der Waals surface area contributed by atoms with Crippen LogP contribution in [0.15, 0.2) is 29.3 Å². The van der Waals surface area contributed by atoms with Gasteiger partial charge in [0.05, 0.1) is 29.3 Å². The number of rotatable bonds is 5. The molecule has 3 rings (SSSR count). The van der Waals surface area contributed by atoms with Gasteiger partial charge in [-0.05, 0) is 32.9 Å². The summed E-state index contributed by atoms with van der Waals surface area (Å²) in [6, 6.07) is 4.44. The van der Waals surface area contributed by atoms with Gasteiger partial charge in [-0.2, -0.15) is 10.2 Å². The molecule has 0 atom stereocenters. The molecule has 27 heavy (non-hydrogen) atoms. The number of halogens is 2. The van der Waals surface area contributed by atoms with E-state index in [9.17, 15) is 12.8 Å². The lowest BCUT2D eigenvalue weighted by Crippen LogP contribution is -2.15. The first kappa shape index (κ1) is 19.4. The van der Waals surface area contributed by atoms with Gasteiger partial charge < -0.3 is 0 Å². The second-order valence-electron chi connectivity index (χ2n) is 6.26. The van der Waals surface area contributed by atoms with Gasteiger partial charge in [0.25, 0.3) is 10.0 Å². The minimum absolute atomic E-state index is 0.0891. The molecule has 144 valence electrons. The van der Waals surface area contributed by atoms with E-state index in [0.29, 0.717) is 28.3 Å². The zero-order chi connectivity index (χ0) is 19.9. The first-order valence-electron chi connectivity index (χ1n) is 8.10. The van der Waals surface area contributed by atoms with Crippen LogP contribution in [-0.2, 0) is 23.6 Å². The van der Waals surface area contributed by atoms with Crippen LogP contribution in [0.1, 0.15) is 22.6 Å². The lowest BCUT2D eigenvalue weighted by molar-refractivity contribution is 0.579. The molecule has 0 fully saturated rings. The van der Waals surface area contributed by atoms with Crippen molar-refractivity contribution in [2.45, 2.75) is 32.2 Å². The summed E-state index contributed by atoms with van der Waals surface area (Å²) in [5.74, 6) is -0.442. The number of sulfonamides is 1. The zero-order valence-corrected chi connectivity index (χ0v) is 16.9. The maximum Gasteiger partial charge on any atom is 0.265 e. The van der Waals surface area contributed by atoms with Gasteiger partial charge in [-0.1, -0.05) is 17.7 Å². The molecule has 2 heterocycles. The van der Waals surface area contributed by atoms with Gasteiger partial charge in [0.1, 0.15) is 10.7 Å². The number of nitrogens with one attached hydrogen (secondary N) is 1. The number of hydrogen-bond donors (Lipinski definition) is 1. The average Bonchev–Trinajstić information content (AvgIpc) is 3.05. The molecule has 2 aromatic heterocycles. The Labute approximate surface area is 161 Å². The molecule has 0 aliphatic carbocycles. The maximum atomic E-state index is 14.1. The summed E-state index contributed by atoms with van der Waals surface area (Å²) in [5, 5.41) is 8.69. The highest BCUT2D eigenvalue weighted by Gasteiger charge is 2.24. The van der Waals surface area contributed by atoms with Crippen molar-refractivity contribution in [3.05, 3.63) is 57.9 Å². The highest BCUT2D eigenvalue weighted by Crippen LogP contribution is 2.27. The lowest BCUT2D eigenvalue weighted by Gasteiger charge is -2.10. The van der Waals surface area contributed by atoms with Gasteiger partial charge in [0.15, 0.2) is 0 Å². The van der Waals surface area contributed by atoms with Crippen LogP contribution in [0.3, 0.4) is 0 Å². The molecule has 0 aliphatic rings. The fraction of sp³-hybridized carbons (Fsp3) is 0.294. The van der Waals surface area contributed by atoms with E-state index in [1.54, 1.807) is 33.9 Å². The van der Waals surface area contributed by atoms with E-state index in [4.69, 9.17) is 11.6 Å².